The van der Waals surface area contributed by atoms with Gasteiger partial charge in [-0.15, -0.1) is 0 Å². The number of fused-ring (bicyclic) bond motifs is 1. The van der Waals surface area contributed by atoms with E-state index in [0.29, 0.717) is 34.7 Å². The molecule has 2 aromatic rings. The van der Waals surface area contributed by atoms with Crippen molar-refractivity contribution in [3.63, 3.8) is 0 Å². The van der Waals surface area contributed by atoms with Crippen LogP contribution >= 0.6 is 0 Å². The van der Waals surface area contributed by atoms with E-state index in [2.05, 4.69) is 28.7 Å². The summed E-state index contributed by atoms with van der Waals surface area (Å²) in [5, 5.41) is 16.1. The lowest BCUT2D eigenvalue weighted by Crippen LogP contribution is -2.62. The summed E-state index contributed by atoms with van der Waals surface area (Å²) in [5.74, 6) is 1.70. The summed E-state index contributed by atoms with van der Waals surface area (Å²) in [4.78, 5) is 29.0. The topological polar surface area (TPSA) is 90.2 Å². The van der Waals surface area contributed by atoms with Crippen molar-refractivity contribution in [2.45, 2.75) is 50.7 Å². The average molecular weight is 458 g/mol. The SMILES string of the molecule is Cc1c(C#N)cccc1[C@@H](C)NC(=O)c1cn(C23CC(C2)C3)c(=O)cc1NC1C2CN(C)CC21. The maximum atomic E-state index is 13.6. The third-order valence-electron chi connectivity index (χ3n) is 8.82. The zero-order valence-electron chi connectivity index (χ0n) is 20.0. The summed E-state index contributed by atoms with van der Waals surface area (Å²) >= 11 is 0. The molecule has 2 heterocycles. The number of nitriles is 1. The van der Waals surface area contributed by atoms with E-state index in [0.717, 1.165) is 49.4 Å². The van der Waals surface area contributed by atoms with Gasteiger partial charge in [-0.25, -0.2) is 0 Å². The van der Waals surface area contributed by atoms with E-state index in [4.69, 9.17) is 0 Å². The second kappa shape index (κ2) is 7.44. The van der Waals surface area contributed by atoms with Gasteiger partial charge in [0.2, 0.25) is 0 Å². The summed E-state index contributed by atoms with van der Waals surface area (Å²) in [6, 6.07) is 9.50. The van der Waals surface area contributed by atoms with Crippen molar-refractivity contribution in [3.8, 4) is 6.07 Å². The fourth-order valence-corrected chi connectivity index (χ4v) is 6.66. The molecule has 0 radical (unpaired) electrons. The van der Waals surface area contributed by atoms with Crippen molar-refractivity contribution in [1.82, 2.24) is 14.8 Å². The normalized spacial score (nSPS) is 31.5. The molecule has 1 amide bonds. The Balaban J connectivity index is 1.30. The zero-order valence-corrected chi connectivity index (χ0v) is 20.0. The quantitative estimate of drug-likeness (QED) is 0.696. The van der Waals surface area contributed by atoms with E-state index < -0.39 is 0 Å². The summed E-state index contributed by atoms with van der Waals surface area (Å²) in [7, 11) is 2.14. The Hall–Kier alpha value is -3.11. The van der Waals surface area contributed by atoms with Crippen LogP contribution < -0.4 is 16.2 Å². The fraction of sp³-hybridized carbons (Fsp3) is 0.519. The first-order valence-corrected chi connectivity index (χ1v) is 12.3. The molecule has 2 unspecified atom stereocenters. The first-order valence-electron chi connectivity index (χ1n) is 12.3. The highest BCUT2D eigenvalue weighted by Gasteiger charge is 2.58. The van der Waals surface area contributed by atoms with Crippen molar-refractivity contribution in [3.05, 3.63) is 63.1 Å². The van der Waals surface area contributed by atoms with Gasteiger partial charge in [0.1, 0.15) is 0 Å². The Morgan fingerprint density at radius 1 is 1.24 bits per heavy atom. The van der Waals surface area contributed by atoms with Crippen LogP contribution in [0.25, 0.3) is 0 Å². The van der Waals surface area contributed by atoms with E-state index >= 15 is 0 Å². The number of aromatic nitrogens is 1. The second-order valence-corrected chi connectivity index (χ2v) is 11.1. The molecular formula is C27H31N5O2. The van der Waals surface area contributed by atoms with E-state index in [-0.39, 0.29) is 23.0 Å². The van der Waals surface area contributed by atoms with E-state index in [9.17, 15) is 14.9 Å². The number of hydrogen-bond acceptors (Lipinski definition) is 5. The molecule has 1 aromatic heterocycles. The zero-order chi connectivity index (χ0) is 23.8. The van der Waals surface area contributed by atoms with Crippen LogP contribution in [0, 0.1) is 36.0 Å². The molecule has 0 spiro atoms. The summed E-state index contributed by atoms with van der Waals surface area (Å²) in [5.41, 5.74) is 3.48. The van der Waals surface area contributed by atoms with Crippen molar-refractivity contribution in [1.29, 1.82) is 5.26 Å². The minimum Gasteiger partial charge on any atom is -0.381 e. The van der Waals surface area contributed by atoms with Gasteiger partial charge >= 0.3 is 0 Å². The van der Waals surface area contributed by atoms with Gasteiger partial charge in [0.25, 0.3) is 11.5 Å². The predicted molar refractivity (Wildman–Crippen MR) is 130 cm³/mol. The number of nitrogens with zero attached hydrogens (tertiary/aromatic N) is 3. The first-order chi connectivity index (χ1) is 16.3. The molecule has 7 heteroatoms. The Labute approximate surface area is 199 Å². The van der Waals surface area contributed by atoms with Crippen molar-refractivity contribution < 1.29 is 4.79 Å². The first kappa shape index (κ1) is 21.4. The van der Waals surface area contributed by atoms with Gasteiger partial charge < -0.3 is 20.1 Å². The number of amides is 1. The molecule has 4 saturated carbocycles. The molecule has 7 nitrogen and oxygen atoms in total. The van der Waals surface area contributed by atoms with Crippen molar-refractivity contribution in [2.75, 3.05) is 25.5 Å². The van der Waals surface area contributed by atoms with Gasteiger partial charge in [-0.1, -0.05) is 12.1 Å². The maximum absolute atomic E-state index is 13.6. The van der Waals surface area contributed by atoms with Crippen LogP contribution in [-0.2, 0) is 5.54 Å². The van der Waals surface area contributed by atoms with E-state index in [1.165, 1.54) is 0 Å². The Morgan fingerprint density at radius 3 is 2.56 bits per heavy atom. The highest BCUT2D eigenvalue weighted by Crippen LogP contribution is 2.61. The molecule has 1 saturated heterocycles. The number of piperidine rings is 1. The molecule has 2 bridgehead atoms. The molecule has 176 valence electrons. The van der Waals surface area contributed by atoms with Gasteiger partial charge in [0.05, 0.1) is 28.9 Å². The van der Waals surface area contributed by atoms with Gasteiger partial charge in [0, 0.05) is 36.9 Å². The summed E-state index contributed by atoms with van der Waals surface area (Å²) in [6.07, 6.45) is 4.91. The smallest absolute Gasteiger partial charge is 0.255 e. The Kier molecular flexibility index (Phi) is 4.69. The Bertz CT molecular complexity index is 1260. The lowest BCUT2D eigenvalue weighted by atomic mass is 9.49. The molecule has 3 atom stereocenters. The van der Waals surface area contributed by atoms with Gasteiger partial charge in [0.15, 0.2) is 0 Å². The van der Waals surface area contributed by atoms with Crippen LogP contribution in [0.5, 0.6) is 0 Å². The maximum Gasteiger partial charge on any atom is 0.255 e. The molecule has 2 N–H and O–H groups in total. The number of likely N-dealkylation sites (tertiary alicyclic amines) is 1. The molecule has 34 heavy (non-hydrogen) atoms. The number of benzene rings is 1. The number of carbonyl (C=O) groups excluding carboxylic acids is 1. The molecule has 1 aromatic carbocycles. The average Bonchev–Trinajstić information content (AvgIpc) is 3.18. The molecular weight excluding hydrogens is 426 g/mol. The lowest BCUT2D eigenvalue weighted by Gasteiger charge is -2.62. The number of anilines is 1. The number of rotatable bonds is 6. The van der Waals surface area contributed by atoms with Crippen LogP contribution in [0.15, 0.2) is 35.3 Å². The Morgan fingerprint density at radius 2 is 1.94 bits per heavy atom. The van der Waals surface area contributed by atoms with Crippen LogP contribution in [-0.4, -0.2) is 41.6 Å². The highest BCUT2D eigenvalue weighted by molar-refractivity contribution is 5.99. The molecule has 5 aliphatic rings. The monoisotopic (exact) mass is 457 g/mol. The molecule has 7 rings (SSSR count). The van der Waals surface area contributed by atoms with E-state index in [1.54, 1.807) is 18.3 Å². The third-order valence-corrected chi connectivity index (χ3v) is 8.82. The summed E-state index contributed by atoms with van der Waals surface area (Å²) < 4.78 is 1.82. The van der Waals surface area contributed by atoms with Gasteiger partial charge in [-0.05, 0) is 75.1 Å². The minimum absolute atomic E-state index is 0.0225. The van der Waals surface area contributed by atoms with Crippen LogP contribution in [0.3, 0.4) is 0 Å². The second-order valence-electron chi connectivity index (χ2n) is 11.1. The van der Waals surface area contributed by atoms with Crippen LogP contribution in [0.1, 0.15) is 59.3 Å². The summed E-state index contributed by atoms with van der Waals surface area (Å²) in [6.45, 7) is 5.95. The predicted octanol–water partition coefficient (Wildman–Crippen LogP) is 3.00. The molecule has 4 aliphatic carbocycles. The molecule has 1 aliphatic heterocycles. The number of carbonyl (C=O) groups is 1. The highest BCUT2D eigenvalue weighted by atomic mass is 16.2. The minimum atomic E-state index is -0.266. The lowest BCUT2D eigenvalue weighted by molar-refractivity contribution is -0.0914. The fourth-order valence-electron chi connectivity index (χ4n) is 6.66. The third kappa shape index (κ3) is 3.19. The van der Waals surface area contributed by atoms with Crippen molar-refractivity contribution >= 4 is 11.6 Å². The van der Waals surface area contributed by atoms with Crippen molar-refractivity contribution in [2.24, 2.45) is 17.8 Å². The number of pyridine rings is 1. The van der Waals surface area contributed by atoms with Crippen LogP contribution in [0.4, 0.5) is 5.69 Å². The van der Waals surface area contributed by atoms with Crippen LogP contribution in [0.2, 0.25) is 0 Å². The van der Waals surface area contributed by atoms with Gasteiger partial charge in [-0.2, -0.15) is 5.26 Å². The number of hydrogen-bond donors (Lipinski definition) is 2. The van der Waals surface area contributed by atoms with E-state index in [1.807, 2.05) is 30.5 Å². The standard InChI is InChI=1S/C27H31N5O2/c1-15-18(11-28)5-4-6-19(15)16(2)29-26(34)22-14-32(27-8-17(9-27)10-27)24(33)7-23(22)30-25-20-12-31(3)13-21(20)25/h4-7,14,16-17,20-21,25,30H,8-10,12-13H2,1-3H3,(H,29,34)/t16-,17?,20?,21?,25?,27?/m1/s1. The largest absolute Gasteiger partial charge is 0.381 e. The van der Waals surface area contributed by atoms with Gasteiger partial charge in [-0.3, -0.25) is 9.59 Å². The number of nitrogens with one attached hydrogen (secondary N) is 2. The molecule has 5 fully saturated rings.